The Kier molecular flexibility index (Phi) is 9.99. The van der Waals surface area contributed by atoms with Crippen LogP contribution in [0.4, 0.5) is 0 Å². The molecular weight excluding hydrogens is 748 g/mol. The summed E-state index contributed by atoms with van der Waals surface area (Å²) in [4.78, 5) is 83.0. The van der Waals surface area contributed by atoms with Crippen LogP contribution in [0.25, 0.3) is 0 Å². The summed E-state index contributed by atoms with van der Waals surface area (Å²) in [5.74, 6) is -9.39. The number of esters is 2. The van der Waals surface area contributed by atoms with Crippen LogP contribution < -0.4 is 0 Å². The van der Waals surface area contributed by atoms with Crippen molar-refractivity contribution < 1.29 is 58.4 Å². The molecule has 0 radical (unpaired) electrons. The molecule has 4 aromatic carbocycles. The Bertz CT molecular complexity index is 1940. The van der Waals surface area contributed by atoms with Crippen LogP contribution in [0.1, 0.15) is 48.9 Å². The first-order valence-electron chi connectivity index (χ1n) is 19.3. The number of nitrogens with zero attached hydrogens (tertiary/aromatic N) is 2. The van der Waals surface area contributed by atoms with E-state index >= 15 is 0 Å². The minimum absolute atomic E-state index is 0.0539. The van der Waals surface area contributed by atoms with Gasteiger partial charge < -0.3 is 29.5 Å². The highest BCUT2D eigenvalue weighted by atomic mass is 17.2. The topological polar surface area (TPSA) is 171 Å². The van der Waals surface area contributed by atoms with Gasteiger partial charge in [-0.1, -0.05) is 121 Å². The lowest BCUT2D eigenvalue weighted by Crippen LogP contribution is -2.64. The van der Waals surface area contributed by atoms with Crippen molar-refractivity contribution in [3.63, 3.8) is 0 Å². The van der Waals surface area contributed by atoms with Crippen LogP contribution in [-0.2, 0) is 59.4 Å². The van der Waals surface area contributed by atoms with Crippen LogP contribution in [0.15, 0.2) is 121 Å². The lowest BCUT2D eigenvalue weighted by Gasteiger charge is -2.48. The summed E-state index contributed by atoms with van der Waals surface area (Å²) >= 11 is 0. The molecule has 4 fully saturated rings. The van der Waals surface area contributed by atoms with E-state index in [1.54, 1.807) is 111 Å². The van der Waals surface area contributed by atoms with E-state index in [0.717, 1.165) is 0 Å². The lowest BCUT2D eigenvalue weighted by molar-refractivity contribution is -0.488. The van der Waals surface area contributed by atoms with Crippen LogP contribution in [0, 0.1) is 10.8 Å². The number of carbonyl (C=O) groups excluding carboxylic acids is 4. The van der Waals surface area contributed by atoms with Gasteiger partial charge in [0.15, 0.2) is 22.0 Å². The van der Waals surface area contributed by atoms with Gasteiger partial charge in [-0.15, -0.1) is 0 Å². The molecule has 2 N–H and O–H groups in total. The number of hydrogen-bond acceptors (Lipinski definition) is 12. The third-order valence-electron chi connectivity index (χ3n) is 12.0. The summed E-state index contributed by atoms with van der Waals surface area (Å²) in [5.41, 5.74) is -4.55. The molecule has 4 aromatic rings. The van der Waals surface area contributed by atoms with Crippen molar-refractivity contribution in [3.8, 4) is 0 Å². The Morgan fingerprint density at radius 2 is 0.828 bits per heavy atom. The van der Waals surface area contributed by atoms with Gasteiger partial charge in [0, 0.05) is 39.0 Å². The fourth-order valence-corrected chi connectivity index (χ4v) is 9.06. The van der Waals surface area contributed by atoms with Gasteiger partial charge in [-0.2, -0.15) is 9.78 Å². The Morgan fingerprint density at radius 1 is 0.534 bits per heavy atom. The number of hydrogen-bond donors (Lipinski definition) is 2. The highest BCUT2D eigenvalue weighted by Gasteiger charge is 2.77. The van der Waals surface area contributed by atoms with Crippen molar-refractivity contribution in [2.24, 2.45) is 10.8 Å². The molecule has 0 bridgehead atoms. The predicted octanol–water partition coefficient (Wildman–Crippen LogP) is 3.74. The van der Waals surface area contributed by atoms with Gasteiger partial charge in [0.2, 0.25) is 0 Å². The maximum atomic E-state index is 14.3. The van der Waals surface area contributed by atoms with E-state index in [2.05, 4.69) is 0 Å². The van der Waals surface area contributed by atoms with Crippen LogP contribution in [0.3, 0.4) is 0 Å². The van der Waals surface area contributed by atoms with Gasteiger partial charge in [0.05, 0.1) is 13.2 Å². The monoisotopic (exact) mass is 792 g/mol. The van der Waals surface area contributed by atoms with E-state index in [4.69, 9.17) is 29.0 Å². The van der Waals surface area contributed by atoms with E-state index in [1.807, 2.05) is 24.3 Å². The smallest absolute Gasteiger partial charge is 0.320 e. The van der Waals surface area contributed by atoms with Gasteiger partial charge in [-0.3, -0.25) is 19.2 Å². The Hall–Kier alpha value is -5.48. The molecule has 0 spiro atoms. The van der Waals surface area contributed by atoms with Crippen LogP contribution >= 0.6 is 0 Å². The number of benzene rings is 4. The average molecular weight is 793 g/mol. The van der Waals surface area contributed by atoms with Gasteiger partial charge >= 0.3 is 11.9 Å². The minimum atomic E-state index is -2.82. The van der Waals surface area contributed by atoms with Crippen LogP contribution in [0.2, 0.25) is 0 Å². The zero-order chi connectivity index (χ0) is 40.8. The van der Waals surface area contributed by atoms with Gasteiger partial charge in [-0.25, -0.2) is 9.78 Å². The number of fused-ring (bicyclic) bond motifs is 2. The first kappa shape index (κ1) is 39.4. The van der Waals surface area contributed by atoms with Gasteiger partial charge in [-0.05, 0) is 36.1 Å². The third kappa shape index (κ3) is 5.69. The summed E-state index contributed by atoms with van der Waals surface area (Å²) in [6.07, 6.45) is -0.515. The maximum Gasteiger partial charge on any atom is 0.320 e. The largest absolute Gasteiger partial charge is 0.465 e. The molecule has 4 saturated heterocycles. The summed E-state index contributed by atoms with van der Waals surface area (Å²) < 4.78 is 11.1. The predicted molar refractivity (Wildman–Crippen MR) is 202 cm³/mol. The molecule has 302 valence electrons. The highest BCUT2D eigenvalue weighted by molar-refractivity contribution is 5.97. The second kappa shape index (κ2) is 14.7. The molecule has 4 unspecified atom stereocenters. The summed E-state index contributed by atoms with van der Waals surface area (Å²) in [6.45, 7) is 1.82. The summed E-state index contributed by atoms with van der Waals surface area (Å²) in [6, 6.07) is 36.1. The van der Waals surface area contributed by atoms with E-state index in [0.29, 0.717) is 22.3 Å². The van der Waals surface area contributed by atoms with Crippen LogP contribution in [-0.4, -0.2) is 94.7 Å². The molecule has 4 aliphatic heterocycles. The maximum absolute atomic E-state index is 14.3. The molecule has 0 aliphatic carbocycles. The minimum Gasteiger partial charge on any atom is -0.465 e. The standard InChI is InChI=1S/C44H44N2O12/c1-3-53-37(49)39-27-41(31-17-9-5-10-18-31,32-19-11-6-12-20-32)55-57-43(39,51)35(47)45(29-39)25-26-46-30-40(38(50)54-4-2)28-42(33-21-13-7-14-22-33,34-23-15-8-16-24-34)56-58-44(40,52)36(46)48/h5-24,51-52H,3-4,25-30H2,1-2H3. The second-order valence-electron chi connectivity index (χ2n) is 15.2. The number of carbonyl (C=O) groups is 4. The van der Waals surface area contributed by atoms with E-state index in [9.17, 15) is 29.4 Å². The Morgan fingerprint density at radius 3 is 1.10 bits per heavy atom. The number of aliphatic hydroxyl groups is 2. The summed E-state index contributed by atoms with van der Waals surface area (Å²) in [5, 5.41) is 24.3. The van der Waals surface area contributed by atoms with Crippen LogP contribution in [0.5, 0.6) is 0 Å². The normalized spacial score (nSPS) is 28.4. The molecular formula is C44H44N2O12. The van der Waals surface area contributed by atoms with Crippen molar-refractivity contribution in [3.05, 3.63) is 144 Å². The number of likely N-dealkylation sites (tertiary alicyclic amines) is 2. The van der Waals surface area contributed by atoms with Crippen molar-refractivity contribution in [2.75, 3.05) is 39.4 Å². The highest BCUT2D eigenvalue weighted by Crippen LogP contribution is 2.59. The molecule has 0 saturated carbocycles. The lowest BCUT2D eigenvalue weighted by atomic mass is 9.67. The fourth-order valence-electron chi connectivity index (χ4n) is 9.06. The number of rotatable bonds is 11. The van der Waals surface area contributed by atoms with Gasteiger partial charge in [0.25, 0.3) is 23.4 Å². The Balaban J connectivity index is 1.13. The third-order valence-corrected chi connectivity index (χ3v) is 12.0. The van der Waals surface area contributed by atoms with E-state index in [-0.39, 0.29) is 52.2 Å². The Labute approximate surface area is 334 Å². The summed E-state index contributed by atoms with van der Waals surface area (Å²) in [7, 11) is 0. The molecule has 0 aromatic heterocycles. The zero-order valence-corrected chi connectivity index (χ0v) is 32.1. The number of amides is 2. The van der Waals surface area contributed by atoms with Crippen molar-refractivity contribution >= 4 is 23.8 Å². The van der Waals surface area contributed by atoms with E-state index in [1.165, 1.54) is 9.80 Å². The van der Waals surface area contributed by atoms with E-state index < -0.39 is 57.4 Å². The zero-order valence-electron chi connectivity index (χ0n) is 32.1. The molecule has 58 heavy (non-hydrogen) atoms. The first-order chi connectivity index (χ1) is 28.0. The average Bonchev–Trinajstić information content (AvgIpc) is 3.63. The SMILES string of the molecule is CCOC(=O)C12CN(CCN3CC4(C(=O)OCC)CC(c5ccccc5)(c5ccccc5)OOC4(O)C3=O)C(=O)C1(O)OOC(c1ccccc1)(c1ccccc1)C2. The molecule has 4 heterocycles. The molecule has 14 nitrogen and oxygen atoms in total. The van der Waals surface area contributed by atoms with Gasteiger partial charge in [0.1, 0.15) is 0 Å². The molecule has 4 aliphatic rings. The van der Waals surface area contributed by atoms with Crippen molar-refractivity contribution in [2.45, 2.75) is 49.5 Å². The fraction of sp³-hybridized carbons (Fsp3) is 0.364. The molecule has 8 rings (SSSR count). The first-order valence-corrected chi connectivity index (χ1v) is 19.3. The molecule has 4 atom stereocenters. The van der Waals surface area contributed by atoms with Crippen molar-refractivity contribution in [1.82, 2.24) is 9.80 Å². The molecule has 2 amide bonds. The molecule has 14 heteroatoms. The number of ether oxygens (including phenoxy) is 2. The second-order valence-corrected chi connectivity index (χ2v) is 15.2. The van der Waals surface area contributed by atoms with Crippen molar-refractivity contribution in [1.29, 1.82) is 0 Å². The quantitative estimate of drug-likeness (QED) is 0.167.